The number of hydrogen-bond donors (Lipinski definition) is 0. The number of pyridine rings is 1. The summed E-state index contributed by atoms with van der Waals surface area (Å²) in [6.45, 7) is 4.14. The Kier molecular flexibility index (Phi) is 7.37. The molecule has 0 fully saturated rings. The Hall–Kier alpha value is -1.75. The molecule has 0 aliphatic carbocycles. The lowest BCUT2D eigenvalue weighted by Gasteiger charge is -2.16. The smallest absolute Gasteiger partial charge is 0.0719 e. The first-order chi connectivity index (χ1) is 11.7. The van der Waals surface area contributed by atoms with Gasteiger partial charge >= 0.3 is 0 Å². The van der Waals surface area contributed by atoms with Crippen LogP contribution >= 0.6 is 0 Å². The zero-order valence-corrected chi connectivity index (χ0v) is 15.0. The van der Waals surface area contributed by atoms with Gasteiger partial charge in [0.05, 0.1) is 18.9 Å². The van der Waals surface area contributed by atoms with Gasteiger partial charge in [-0.3, -0.25) is 4.98 Å². The first-order valence-electron chi connectivity index (χ1n) is 8.24. The topological polar surface area (TPSA) is 40.6 Å². The molecular formula is C20H27NO3. The average Bonchev–Trinajstić information content (AvgIpc) is 2.60. The van der Waals surface area contributed by atoms with Gasteiger partial charge in [0.15, 0.2) is 0 Å². The zero-order chi connectivity index (χ0) is 17.4. The fourth-order valence-electron chi connectivity index (χ4n) is 2.78. The quantitative estimate of drug-likeness (QED) is 0.692. The van der Waals surface area contributed by atoms with Gasteiger partial charge in [0.2, 0.25) is 0 Å². The van der Waals surface area contributed by atoms with Gasteiger partial charge in [-0.25, -0.2) is 0 Å². The summed E-state index contributed by atoms with van der Waals surface area (Å²) in [5, 5.41) is 0. The normalized spacial score (nSPS) is 12.3. The van der Waals surface area contributed by atoms with Crippen molar-refractivity contribution in [2.45, 2.75) is 32.5 Å². The maximum Gasteiger partial charge on any atom is 0.0719 e. The molecule has 1 unspecified atom stereocenters. The molecule has 0 saturated heterocycles. The number of nitrogens with zero attached hydrogens (tertiary/aromatic N) is 1. The minimum absolute atomic E-state index is 0.447. The van der Waals surface area contributed by atoms with Crippen molar-refractivity contribution in [3.05, 3.63) is 53.2 Å². The van der Waals surface area contributed by atoms with Gasteiger partial charge in [0.1, 0.15) is 0 Å². The van der Waals surface area contributed by atoms with E-state index in [1.165, 1.54) is 5.56 Å². The van der Waals surface area contributed by atoms with E-state index in [-0.39, 0.29) is 0 Å². The van der Waals surface area contributed by atoms with Gasteiger partial charge in [-0.05, 0) is 41.2 Å². The molecule has 1 aromatic carbocycles. The lowest BCUT2D eigenvalue weighted by Crippen LogP contribution is -2.02. The van der Waals surface area contributed by atoms with Gasteiger partial charge < -0.3 is 14.2 Å². The molecular weight excluding hydrogens is 302 g/mol. The van der Waals surface area contributed by atoms with E-state index in [0.29, 0.717) is 19.1 Å². The summed E-state index contributed by atoms with van der Waals surface area (Å²) in [5.41, 5.74) is 5.63. The highest BCUT2D eigenvalue weighted by atomic mass is 16.5. The van der Waals surface area contributed by atoms with Gasteiger partial charge in [0, 0.05) is 39.7 Å². The molecule has 0 radical (unpaired) electrons. The molecule has 2 rings (SSSR count). The van der Waals surface area contributed by atoms with E-state index in [2.05, 4.69) is 36.2 Å². The number of methoxy groups -OCH3 is 3. The summed E-state index contributed by atoms with van der Waals surface area (Å²) in [7, 11) is 5.16. The predicted molar refractivity (Wildman–Crippen MR) is 96.0 cm³/mol. The molecule has 130 valence electrons. The highest BCUT2D eigenvalue weighted by Gasteiger charge is 2.12. The van der Waals surface area contributed by atoms with E-state index < -0.39 is 0 Å². The Labute approximate surface area is 144 Å². The van der Waals surface area contributed by atoms with Crippen molar-refractivity contribution in [3.63, 3.8) is 0 Å². The van der Waals surface area contributed by atoms with Crippen LogP contribution in [0.25, 0.3) is 11.3 Å². The first kappa shape index (κ1) is 18.6. The molecule has 0 spiro atoms. The van der Waals surface area contributed by atoms with E-state index >= 15 is 0 Å². The van der Waals surface area contributed by atoms with Crippen molar-refractivity contribution in [1.29, 1.82) is 0 Å². The van der Waals surface area contributed by atoms with Crippen molar-refractivity contribution in [2.24, 2.45) is 0 Å². The second-order valence-electron chi connectivity index (χ2n) is 6.01. The lowest BCUT2D eigenvalue weighted by molar-refractivity contribution is 0.184. The molecule has 0 aliphatic heterocycles. The van der Waals surface area contributed by atoms with Crippen LogP contribution in [0.4, 0.5) is 0 Å². The van der Waals surface area contributed by atoms with Gasteiger partial charge in [0.25, 0.3) is 0 Å². The monoisotopic (exact) mass is 329 g/mol. The second-order valence-corrected chi connectivity index (χ2v) is 6.01. The van der Waals surface area contributed by atoms with Gasteiger partial charge in [-0.1, -0.05) is 25.1 Å². The van der Waals surface area contributed by atoms with Crippen LogP contribution in [0.5, 0.6) is 0 Å². The molecule has 2 aromatic rings. The highest BCUT2D eigenvalue weighted by molar-refractivity contribution is 5.65. The highest BCUT2D eigenvalue weighted by Crippen LogP contribution is 2.28. The summed E-state index contributed by atoms with van der Waals surface area (Å²) in [5.74, 6) is 0.447. The average molecular weight is 329 g/mol. The van der Waals surface area contributed by atoms with Crippen LogP contribution < -0.4 is 0 Å². The molecule has 1 atom stereocenters. The van der Waals surface area contributed by atoms with Crippen LogP contribution in [-0.2, 0) is 27.4 Å². The first-order valence-corrected chi connectivity index (χ1v) is 8.24. The molecule has 4 nitrogen and oxygen atoms in total. The summed E-state index contributed by atoms with van der Waals surface area (Å²) in [6.07, 6.45) is 2.83. The number of ether oxygens (including phenoxy) is 3. The van der Waals surface area contributed by atoms with Crippen LogP contribution in [0.1, 0.15) is 36.0 Å². The summed E-state index contributed by atoms with van der Waals surface area (Å²) < 4.78 is 15.8. The van der Waals surface area contributed by atoms with Crippen molar-refractivity contribution in [2.75, 3.05) is 27.9 Å². The minimum atomic E-state index is 0.447. The Balaban J connectivity index is 2.34. The summed E-state index contributed by atoms with van der Waals surface area (Å²) in [4.78, 5) is 4.53. The third kappa shape index (κ3) is 4.87. The maximum absolute atomic E-state index is 5.41. The van der Waals surface area contributed by atoms with E-state index in [0.717, 1.165) is 35.4 Å². The van der Waals surface area contributed by atoms with E-state index in [1.807, 2.05) is 12.3 Å². The molecule has 0 aliphatic rings. The molecule has 4 heteroatoms. The molecule has 0 saturated carbocycles. The van der Waals surface area contributed by atoms with Gasteiger partial charge in [-0.15, -0.1) is 0 Å². The lowest BCUT2D eigenvalue weighted by atomic mass is 9.93. The van der Waals surface area contributed by atoms with Crippen molar-refractivity contribution < 1.29 is 14.2 Å². The number of aromatic nitrogens is 1. The van der Waals surface area contributed by atoms with Crippen LogP contribution in [0, 0.1) is 0 Å². The molecule has 0 bridgehead atoms. The largest absolute Gasteiger partial charge is 0.385 e. The third-order valence-corrected chi connectivity index (χ3v) is 4.16. The van der Waals surface area contributed by atoms with Crippen LogP contribution in [0.3, 0.4) is 0 Å². The Morgan fingerprint density at radius 3 is 2.46 bits per heavy atom. The molecule has 0 N–H and O–H groups in total. The second kappa shape index (κ2) is 9.52. The summed E-state index contributed by atoms with van der Waals surface area (Å²) >= 11 is 0. The summed E-state index contributed by atoms with van der Waals surface area (Å²) in [6, 6.07) is 10.6. The number of benzene rings is 1. The molecule has 24 heavy (non-hydrogen) atoms. The number of hydrogen-bond acceptors (Lipinski definition) is 4. The van der Waals surface area contributed by atoms with E-state index in [1.54, 1.807) is 21.3 Å². The molecule has 1 heterocycles. The van der Waals surface area contributed by atoms with Crippen molar-refractivity contribution in [3.8, 4) is 11.3 Å². The van der Waals surface area contributed by atoms with E-state index in [9.17, 15) is 0 Å². The standard InChI is InChI=1S/C20H27NO3/c1-15(8-10-22-2)17-5-6-19(18(12-17)14-24-4)20-11-16(13-23-3)7-9-21-20/h5-7,9,11-12,15H,8,10,13-14H2,1-4H3. The van der Waals surface area contributed by atoms with Crippen molar-refractivity contribution >= 4 is 0 Å². The van der Waals surface area contributed by atoms with Crippen LogP contribution in [-0.4, -0.2) is 32.9 Å². The Morgan fingerprint density at radius 2 is 1.75 bits per heavy atom. The van der Waals surface area contributed by atoms with Crippen LogP contribution in [0.15, 0.2) is 36.5 Å². The third-order valence-electron chi connectivity index (χ3n) is 4.16. The van der Waals surface area contributed by atoms with E-state index in [4.69, 9.17) is 14.2 Å². The fraction of sp³-hybridized carbons (Fsp3) is 0.450. The zero-order valence-electron chi connectivity index (χ0n) is 15.0. The Bertz CT molecular complexity index is 643. The number of rotatable bonds is 9. The molecule has 0 amide bonds. The van der Waals surface area contributed by atoms with Gasteiger partial charge in [-0.2, -0.15) is 0 Å². The Morgan fingerprint density at radius 1 is 0.958 bits per heavy atom. The van der Waals surface area contributed by atoms with Crippen LogP contribution in [0.2, 0.25) is 0 Å². The predicted octanol–water partition coefficient (Wildman–Crippen LogP) is 4.18. The minimum Gasteiger partial charge on any atom is -0.385 e. The van der Waals surface area contributed by atoms with Crippen molar-refractivity contribution in [1.82, 2.24) is 4.98 Å². The maximum atomic E-state index is 5.41. The SMILES string of the molecule is COCCC(C)c1ccc(-c2cc(COC)ccn2)c(COC)c1. The molecule has 1 aromatic heterocycles. The fourth-order valence-corrected chi connectivity index (χ4v) is 2.78.